The van der Waals surface area contributed by atoms with Crippen molar-refractivity contribution in [1.29, 1.82) is 0 Å². The van der Waals surface area contributed by atoms with Gasteiger partial charge in [-0.25, -0.2) is 4.79 Å². The average Bonchev–Trinajstić information content (AvgIpc) is 2.46. The minimum Gasteiger partial charge on any atom is -0.482 e. The van der Waals surface area contributed by atoms with E-state index in [1.54, 1.807) is 6.92 Å². The molecule has 20 heavy (non-hydrogen) atoms. The highest BCUT2D eigenvalue weighted by Crippen LogP contribution is 2.33. The highest BCUT2D eigenvalue weighted by molar-refractivity contribution is 5.71. The molecular weight excluding hydrogens is 254 g/mol. The van der Waals surface area contributed by atoms with E-state index in [9.17, 15) is 4.79 Å². The van der Waals surface area contributed by atoms with Crippen molar-refractivity contribution in [2.75, 3.05) is 13.2 Å². The minimum absolute atomic E-state index is 0.0402. The maximum absolute atomic E-state index is 11.3. The van der Waals surface area contributed by atoms with Crippen LogP contribution in [0.3, 0.4) is 0 Å². The minimum atomic E-state index is -0.336. The maximum atomic E-state index is 11.3. The number of esters is 1. The van der Waals surface area contributed by atoms with Gasteiger partial charge in [0.15, 0.2) is 6.61 Å². The van der Waals surface area contributed by atoms with Crippen LogP contribution in [0.2, 0.25) is 0 Å². The Labute approximate surface area is 120 Å². The second-order valence-corrected chi connectivity index (χ2v) is 5.29. The molecule has 1 fully saturated rings. The highest BCUT2D eigenvalue weighted by Gasteiger charge is 2.20. The monoisotopic (exact) mass is 277 g/mol. The molecule has 2 atom stereocenters. The fraction of sp³-hybridized carbons (Fsp3) is 0.562. The first kappa shape index (κ1) is 14.9. The molecule has 2 N–H and O–H groups in total. The summed E-state index contributed by atoms with van der Waals surface area (Å²) in [6.45, 7) is 2.12. The summed E-state index contributed by atoms with van der Waals surface area (Å²) < 4.78 is 10.3. The molecule has 0 saturated heterocycles. The number of carbonyl (C=O) groups excluding carboxylic acids is 1. The maximum Gasteiger partial charge on any atom is 0.344 e. The van der Waals surface area contributed by atoms with Crippen LogP contribution in [0.4, 0.5) is 0 Å². The summed E-state index contributed by atoms with van der Waals surface area (Å²) in [5.74, 6) is 0.886. The predicted molar refractivity (Wildman–Crippen MR) is 77.8 cm³/mol. The van der Waals surface area contributed by atoms with Gasteiger partial charge in [0.2, 0.25) is 0 Å². The lowest BCUT2D eigenvalue weighted by Gasteiger charge is -2.27. The molecule has 1 aliphatic rings. The van der Waals surface area contributed by atoms with Crippen molar-refractivity contribution in [3.05, 3.63) is 29.8 Å². The third-order valence-electron chi connectivity index (χ3n) is 3.71. The van der Waals surface area contributed by atoms with Crippen molar-refractivity contribution >= 4 is 5.97 Å². The van der Waals surface area contributed by atoms with Gasteiger partial charge in [-0.15, -0.1) is 0 Å². The molecule has 4 heteroatoms. The Morgan fingerprint density at radius 3 is 3.00 bits per heavy atom. The van der Waals surface area contributed by atoms with Gasteiger partial charge < -0.3 is 15.2 Å². The van der Waals surface area contributed by atoms with Crippen LogP contribution in [0, 0.1) is 0 Å². The van der Waals surface area contributed by atoms with Crippen LogP contribution in [-0.2, 0) is 9.53 Å². The van der Waals surface area contributed by atoms with Gasteiger partial charge in [0.1, 0.15) is 5.75 Å². The normalized spacial score (nSPS) is 22.3. The summed E-state index contributed by atoms with van der Waals surface area (Å²) in [4.78, 5) is 11.3. The Morgan fingerprint density at radius 1 is 1.40 bits per heavy atom. The van der Waals surface area contributed by atoms with Crippen LogP contribution in [-0.4, -0.2) is 25.2 Å². The summed E-state index contributed by atoms with van der Waals surface area (Å²) in [6.07, 6.45) is 4.51. The van der Waals surface area contributed by atoms with Crippen LogP contribution < -0.4 is 10.5 Å². The molecule has 0 heterocycles. The first-order chi connectivity index (χ1) is 9.69. The molecule has 0 radical (unpaired) electrons. The first-order valence-electron chi connectivity index (χ1n) is 7.33. The third kappa shape index (κ3) is 4.23. The van der Waals surface area contributed by atoms with E-state index in [1.165, 1.54) is 18.4 Å². The summed E-state index contributed by atoms with van der Waals surface area (Å²) in [5.41, 5.74) is 7.29. The molecule has 4 nitrogen and oxygen atoms in total. The average molecular weight is 277 g/mol. The Morgan fingerprint density at radius 2 is 2.25 bits per heavy atom. The standard InChI is InChI=1S/C16H23NO3/c1-2-19-16(18)11-20-15-8-4-6-13(10-15)12-5-3-7-14(17)9-12/h4,6,8,10,12,14H,2-3,5,7,9,11,17H2,1H3/t12-,14-/m1/s1. The van der Waals surface area contributed by atoms with E-state index < -0.39 is 0 Å². The van der Waals surface area contributed by atoms with Crippen molar-refractivity contribution < 1.29 is 14.3 Å². The molecule has 2 rings (SSSR count). The molecule has 0 amide bonds. The van der Waals surface area contributed by atoms with Crippen molar-refractivity contribution in [3.63, 3.8) is 0 Å². The van der Waals surface area contributed by atoms with E-state index in [2.05, 4.69) is 6.07 Å². The molecule has 1 aromatic carbocycles. The van der Waals surface area contributed by atoms with Gasteiger partial charge in [-0.1, -0.05) is 18.6 Å². The molecule has 1 saturated carbocycles. The predicted octanol–water partition coefficient (Wildman–Crippen LogP) is 2.61. The van der Waals surface area contributed by atoms with E-state index in [-0.39, 0.29) is 12.6 Å². The van der Waals surface area contributed by atoms with Gasteiger partial charge in [0.05, 0.1) is 6.61 Å². The lowest BCUT2D eigenvalue weighted by molar-refractivity contribution is -0.145. The summed E-state index contributed by atoms with van der Waals surface area (Å²) in [6, 6.07) is 8.27. The molecule has 110 valence electrons. The van der Waals surface area contributed by atoms with E-state index in [1.807, 2.05) is 18.2 Å². The van der Waals surface area contributed by atoms with E-state index in [0.29, 0.717) is 18.6 Å². The number of hydrogen-bond donors (Lipinski definition) is 1. The van der Waals surface area contributed by atoms with Crippen molar-refractivity contribution in [3.8, 4) is 5.75 Å². The zero-order valence-electron chi connectivity index (χ0n) is 12.0. The smallest absolute Gasteiger partial charge is 0.344 e. The van der Waals surface area contributed by atoms with Crippen molar-refractivity contribution in [2.45, 2.75) is 44.6 Å². The number of benzene rings is 1. The number of ether oxygens (including phenoxy) is 2. The summed E-state index contributed by atoms with van der Waals surface area (Å²) >= 11 is 0. The van der Waals surface area contributed by atoms with Crippen LogP contribution in [0.5, 0.6) is 5.75 Å². The fourth-order valence-corrected chi connectivity index (χ4v) is 2.73. The lowest BCUT2D eigenvalue weighted by atomic mass is 9.82. The second-order valence-electron chi connectivity index (χ2n) is 5.29. The Hall–Kier alpha value is -1.55. The van der Waals surface area contributed by atoms with Gasteiger partial charge in [-0.3, -0.25) is 0 Å². The highest BCUT2D eigenvalue weighted by atomic mass is 16.6. The van der Waals surface area contributed by atoms with E-state index in [4.69, 9.17) is 15.2 Å². The lowest BCUT2D eigenvalue weighted by Crippen LogP contribution is -2.26. The first-order valence-corrected chi connectivity index (χ1v) is 7.33. The van der Waals surface area contributed by atoms with Gasteiger partial charge in [-0.2, -0.15) is 0 Å². The zero-order valence-corrected chi connectivity index (χ0v) is 12.0. The number of rotatable bonds is 5. The van der Waals surface area contributed by atoms with Crippen molar-refractivity contribution in [2.24, 2.45) is 5.73 Å². The molecule has 0 spiro atoms. The van der Waals surface area contributed by atoms with Gasteiger partial charge in [0.25, 0.3) is 0 Å². The number of nitrogens with two attached hydrogens (primary N) is 1. The Kier molecular flexibility index (Phi) is 5.41. The fourth-order valence-electron chi connectivity index (χ4n) is 2.73. The molecule has 0 bridgehead atoms. The van der Waals surface area contributed by atoms with Crippen LogP contribution >= 0.6 is 0 Å². The zero-order chi connectivity index (χ0) is 14.4. The topological polar surface area (TPSA) is 61.5 Å². The molecule has 0 aromatic heterocycles. The largest absolute Gasteiger partial charge is 0.482 e. The van der Waals surface area contributed by atoms with Gasteiger partial charge >= 0.3 is 5.97 Å². The molecule has 0 aliphatic heterocycles. The van der Waals surface area contributed by atoms with Crippen LogP contribution in [0.25, 0.3) is 0 Å². The number of carbonyl (C=O) groups is 1. The van der Waals surface area contributed by atoms with Gasteiger partial charge in [-0.05, 0) is 49.8 Å². The molecule has 1 aliphatic carbocycles. The van der Waals surface area contributed by atoms with E-state index >= 15 is 0 Å². The summed E-state index contributed by atoms with van der Waals surface area (Å²) in [5, 5.41) is 0. The van der Waals surface area contributed by atoms with Crippen LogP contribution in [0.1, 0.15) is 44.1 Å². The third-order valence-corrected chi connectivity index (χ3v) is 3.71. The van der Waals surface area contributed by atoms with E-state index in [0.717, 1.165) is 18.6 Å². The van der Waals surface area contributed by atoms with Gasteiger partial charge in [0, 0.05) is 6.04 Å². The Balaban J connectivity index is 1.95. The second kappa shape index (κ2) is 7.29. The summed E-state index contributed by atoms with van der Waals surface area (Å²) in [7, 11) is 0. The molecular formula is C16H23NO3. The number of hydrogen-bond acceptors (Lipinski definition) is 4. The van der Waals surface area contributed by atoms with Crippen molar-refractivity contribution in [1.82, 2.24) is 0 Å². The SMILES string of the molecule is CCOC(=O)COc1cccc([C@@H]2CCC[C@@H](N)C2)c1. The Bertz CT molecular complexity index is 447. The molecule has 0 unspecified atom stereocenters. The molecule has 1 aromatic rings. The quantitative estimate of drug-likeness (QED) is 0.840. The van der Waals surface area contributed by atoms with Crippen LogP contribution in [0.15, 0.2) is 24.3 Å².